The number of halogens is 1. The van der Waals surface area contributed by atoms with Gasteiger partial charge in [0.05, 0.1) is 31.5 Å². The Morgan fingerprint density at radius 3 is 2.22 bits per heavy atom. The van der Waals surface area contributed by atoms with E-state index in [0.29, 0.717) is 0 Å². The highest BCUT2D eigenvalue weighted by molar-refractivity contribution is 14.1. The van der Waals surface area contributed by atoms with E-state index in [1.165, 1.54) is 0 Å². The van der Waals surface area contributed by atoms with Gasteiger partial charge in [-0.05, 0) is 39.7 Å². The minimum Gasteiger partial charge on any atom is -0.309 e. The van der Waals surface area contributed by atoms with Gasteiger partial charge in [0, 0.05) is 5.39 Å². The van der Waals surface area contributed by atoms with Crippen LogP contribution in [0.4, 0.5) is 0 Å². The number of hydrogen-bond acceptors (Lipinski definition) is 9. The van der Waals surface area contributed by atoms with Crippen molar-refractivity contribution in [3.63, 3.8) is 0 Å². The summed E-state index contributed by atoms with van der Waals surface area (Å²) in [5, 5.41) is 10.6. The van der Waals surface area contributed by atoms with Gasteiger partial charge in [0.25, 0.3) is 11.6 Å². The minimum absolute atomic E-state index is 0.0923. The number of allylic oxidation sites excluding steroid dienone is 1. The second-order valence-corrected chi connectivity index (χ2v) is 13.5. The van der Waals surface area contributed by atoms with Gasteiger partial charge in [-0.2, -0.15) is 2.78 Å². The summed E-state index contributed by atoms with van der Waals surface area (Å²) in [6.07, 6.45) is 2.18. The van der Waals surface area contributed by atoms with Crippen molar-refractivity contribution in [3.05, 3.63) is 57.5 Å². The smallest absolute Gasteiger partial charge is 0.292 e. The SMILES string of the molecule is I[n+]1c2nc3[nH]c(nc4nc(nc5[nH]c(nc1-c1sccc1-2)c1ccsc51)C1C=CSC41)c1ccsc31. The van der Waals surface area contributed by atoms with Crippen LogP contribution in [0.5, 0.6) is 0 Å². The number of nitrogens with one attached hydrogen (secondary N) is 2. The number of aromatic amines is 2. The molecule has 0 aromatic carbocycles. The van der Waals surface area contributed by atoms with Crippen LogP contribution in [0.1, 0.15) is 22.8 Å². The highest BCUT2D eigenvalue weighted by Crippen LogP contribution is 2.49. The zero-order valence-electron chi connectivity index (χ0n) is 18.5. The van der Waals surface area contributed by atoms with Crippen molar-refractivity contribution in [1.29, 1.82) is 0 Å². The van der Waals surface area contributed by atoms with E-state index in [4.69, 9.17) is 24.9 Å². The van der Waals surface area contributed by atoms with E-state index in [1.54, 1.807) is 45.8 Å². The molecular weight excluding hydrogens is 655 g/mol. The van der Waals surface area contributed by atoms with Crippen LogP contribution in [0.25, 0.3) is 64.9 Å². The second-order valence-electron chi connectivity index (χ2n) is 8.75. The largest absolute Gasteiger partial charge is 0.309 e. The molecule has 8 bridgehead atoms. The number of nitrogens with zero attached hydrogens (tertiary/aromatic N) is 6. The number of fused-ring (bicyclic) bond motifs is 20. The van der Waals surface area contributed by atoms with Gasteiger partial charge in [-0.3, -0.25) is 0 Å². The molecule has 0 amide bonds. The number of hydrogen-bond donors (Lipinski definition) is 2. The molecule has 0 saturated heterocycles. The summed E-state index contributed by atoms with van der Waals surface area (Å²) in [4.78, 5) is 33.4. The molecule has 3 aliphatic rings. The molecule has 0 saturated carbocycles. The quantitative estimate of drug-likeness (QED) is 0.171. The summed E-state index contributed by atoms with van der Waals surface area (Å²) in [6.45, 7) is 0. The normalized spacial score (nSPS) is 18.2. The predicted octanol–water partition coefficient (Wildman–Crippen LogP) is 6.90. The third kappa shape index (κ3) is 2.94. The fourth-order valence-electron chi connectivity index (χ4n) is 5.04. The zero-order chi connectivity index (χ0) is 24.2. The van der Waals surface area contributed by atoms with Crippen LogP contribution in [-0.4, -0.2) is 34.9 Å². The van der Waals surface area contributed by atoms with Gasteiger partial charge in [-0.15, -0.1) is 45.8 Å². The molecule has 0 radical (unpaired) electrons. The lowest BCUT2D eigenvalue weighted by atomic mass is 10.1. The summed E-state index contributed by atoms with van der Waals surface area (Å²) in [5.41, 5.74) is 4.25. The number of H-pyrrole nitrogens is 2. The molecule has 6 aromatic rings. The minimum atomic E-state index is 0.0923. The summed E-state index contributed by atoms with van der Waals surface area (Å²) in [7, 11) is 0. The molecule has 2 unspecified atom stereocenters. The third-order valence-corrected chi connectivity index (χ3v) is 11.5. The first-order valence-corrected chi connectivity index (χ1v) is 15.9. The van der Waals surface area contributed by atoms with Crippen LogP contribution in [0, 0.1) is 0 Å². The highest BCUT2D eigenvalue weighted by atomic mass is 127. The monoisotopic (exact) mass is 667 g/mol. The van der Waals surface area contributed by atoms with Crippen LogP contribution in [0.3, 0.4) is 0 Å². The fourth-order valence-corrected chi connectivity index (χ4v) is 9.51. The van der Waals surface area contributed by atoms with E-state index in [-0.39, 0.29) is 11.2 Å². The Hall–Kier alpha value is -2.72. The average Bonchev–Trinajstić information content (AvgIpc) is 3.72. The van der Waals surface area contributed by atoms with Gasteiger partial charge in [0.2, 0.25) is 11.3 Å². The number of thiophene rings is 3. The van der Waals surface area contributed by atoms with Crippen molar-refractivity contribution in [2.24, 2.45) is 0 Å². The highest BCUT2D eigenvalue weighted by Gasteiger charge is 2.37. The Balaban J connectivity index is 1.50. The molecule has 178 valence electrons. The summed E-state index contributed by atoms with van der Waals surface area (Å²) >= 11 is 9.06. The standard InChI is InChI=1S/C24H11IN8S4/c25-33-23-12-4-8-37-16(12)24(33)31-19-11-3-7-35-14(11)21(30-19)27-17-9-1-5-34-13(9)20(26-17)28-18-10-2-6-36-15(10)22(29-18)32-23/h1-9,13H,(H,26,27,28,29,30,31,32)/p+1. The molecule has 37 heavy (non-hydrogen) atoms. The lowest BCUT2D eigenvalue weighted by Crippen LogP contribution is -2.22. The lowest BCUT2D eigenvalue weighted by Gasteiger charge is -2.05. The van der Waals surface area contributed by atoms with Crippen molar-refractivity contribution in [1.82, 2.24) is 34.9 Å². The lowest BCUT2D eigenvalue weighted by molar-refractivity contribution is -0.415. The Bertz CT molecular complexity index is 2130. The van der Waals surface area contributed by atoms with E-state index < -0.39 is 0 Å². The van der Waals surface area contributed by atoms with Gasteiger partial charge in [-0.1, -0.05) is 16.0 Å². The van der Waals surface area contributed by atoms with Gasteiger partial charge in [0.15, 0.2) is 28.5 Å². The van der Waals surface area contributed by atoms with Crippen molar-refractivity contribution >= 4 is 111 Å². The van der Waals surface area contributed by atoms with Gasteiger partial charge >= 0.3 is 0 Å². The van der Waals surface area contributed by atoms with Crippen LogP contribution in [0.15, 0.2) is 45.8 Å². The fraction of sp³-hybridized carbons (Fsp3) is 0.0833. The molecule has 9 heterocycles. The molecule has 0 aliphatic carbocycles. The topological polar surface area (TPSA) is 99.9 Å². The molecule has 2 N–H and O–H groups in total. The van der Waals surface area contributed by atoms with E-state index in [1.807, 2.05) is 2.78 Å². The van der Waals surface area contributed by atoms with Crippen LogP contribution < -0.4 is 2.78 Å². The van der Waals surface area contributed by atoms with Crippen LogP contribution in [-0.2, 0) is 0 Å². The zero-order valence-corrected chi connectivity index (χ0v) is 23.9. The first-order valence-electron chi connectivity index (χ1n) is 11.3. The van der Waals surface area contributed by atoms with Crippen molar-refractivity contribution < 1.29 is 2.78 Å². The maximum atomic E-state index is 5.14. The summed E-state index contributed by atoms with van der Waals surface area (Å²) < 4.78 is 4.21. The predicted molar refractivity (Wildman–Crippen MR) is 159 cm³/mol. The molecule has 13 heteroatoms. The van der Waals surface area contributed by atoms with Gasteiger partial charge in [0.1, 0.15) is 22.2 Å². The molecule has 0 spiro atoms. The molecule has 3 aliphatic heterocycles. The van der Waals surface area contributed by atoms with E-state index in [2.05, 4.69) is 78.7 Å². The van der Waals surface area contributed by atoms with Crippen molar-refractivity contribution in [3.8, 4) is 22.1 Å². The summed E-state index contributed by atoms with van der Waals surface area (Å²) in [6, 6.07) is 6.32. The van der Waals surface area contributed by atoms with Gasteiger partial charge < -0.3 is 9.97 Å². The number of thioether (sulfide) groups is 1. The Labute approximate surface area is 238 Å². The maximum Gasteiger partial charge on any atom is 0.292 e. The molecule has 0 fully saturated rings. The average molecular weight is 668 g/mol. The number of aromatic nitrogens is 8. The second kappa shape index (κ2) is 7.66. The molecule has 8 nitrogen and oxygen atoms in total. The van der Waals surface area contributed by atoms with Gasteiger partial charge in [-0.25, -0.2) is 15.0 Å². The first kappa shape index (κ1) is 21.2. The van der Waals surface area contributed by atoms with Crippen LogP contribution in [0.2, 0.25) is 0 Å². The first-order chi connectivity index (χ1) is 18.2. The molecule has 2 atom stereocenters. The van der Waals surface area contributed by atoms with Crippen LogP contribution >= 0.6 is 68.6 Å². The Kier molecular flexibility index (Phi) is 4.40. The van der Waals surface area contributed by atoms with E-state index >= 15 is 0 Å². The maximum absolute atomic E-state index is 5.14. The molecule has 6 aromatic heterocycles. The molecular formula is C24H12IN8S4+. The van der Waals surface area contributed by atoms with Crippen molar-refractivity contribution in [2.75, 3.05) is 0 Å². The Morgan fingerprint density at radius 1 is 0.730 bits per heavy atom. The Morgan fingerprint density at radius 2 is 1.41 bits per heavy atom. The number of rotatable bonds is 0. The van der Waals surface area contributed by atoms with E-state index in [9.17, 15) is 0 Å². The molecule has 9 rings (SSSR count). The van der Waals surface area contributed by atoms with E-state index in [0.717, 1.165) is 76.5 Å². The third-order valence-electron chi connectivity index (χ3n) is 6.73. The summed E-state index contributed by atoms with van der Waals surface area (Å²) in [5.74, 6) is 3.37. The van der Waals surface area contributed by atoms with Crippen molar-refractivity contribution in [2.45, 2.75) is 11.2 Å².